The fourth-order valence-corrected chi connectivity index (χ4v) is 1.97. The Morgan fingerprint density at radius 3 is 2.61 bits per heavy atom. The molecular formula is C14H21ClN2O. The Labute approximate surface area is 114 Å². The monoisotopic (exact) mass is 268 g/mol. The van der Waals surface area contributed by atoms with Crippen molar-refractivity contribution in [1.82, 2.24) is 4.90 Å². The van der Waals surface area contributed by atoms with Gasteiger partial charge < -0.3 is 5.32 Å². The van der Waals surface area contributed by atoms with Crippen LogP contribution in [0.4, 0.5) is 5.69 Å². The van der Waals surface area contributed by atoms with Crippen LogP contribution in [0.2, 0.25) is 5.02 Å². The number of halogens is 1. The summed E-state index contributed by atoms with van der Waals surface area (Å²) in [5.41, 5.74) is 1.76. The van der Waals surface area contributed by atoms with Gasteiger partial charge in [-0.15, -0.1) is 0 Å². The molecule has 1 atom stereocenters. The van der Waals surface area contributed by atoms with Gasteiger partial charge in [0.05, 0.1) is 6.04 Å². The molecule has 0 fully saturated rings. The van der Waals surface area contributed by atoms with Gasteiger partial charge in [-0.05, 0) is 45.1 Å². The van der Waals surface area contributed by atoms with E-state index in [1.54, 1.807) is 6.07 Å². The Morgan fingerprint density at radius 1 is 1.44 bits per heavy atom. The molecule has 0 heterocycles. The summed E-state index contributed by atoms with van der Waals surface area (Å²) in [5, 5.41) is 3.58. The minimum Gasteiger partial charge on any atom is -0.325 e. The number of likely N-dealkylation sites (N-methyl/N-ethyl adjacent to an activating group) is 1. The Kier molecular flexibility index (Phi) is 5.63. The number of anilines is 1. The minimum atomic E-state index is -0.102. The molecule has 0 aromatic heterocycles. The first-order chi connectivity index (χ1) is 8.45. The SMILES string of the molecule is CCC[C@@H](C(=O)Nc1ccc(C)c(Cl)c1)N(C)C. The van der Waals surface area contributed by atoms with Gasteiger partial charge in [0.15, 0.2) is 0 Å². The molecule has 100 valence electrons. The van der Waals surface area contributed by atoms with Crippen molar-refractivity contribution in [3.8, 4) is 0 Å². The number of benzene rings is 1. The summed E-state index contributed by atoms with van der Waals surface area (Å²) >= 11 is 6.04. The zero-order chi connectivity index (χ0) is 13.7. The van der Waals surface area contributed by atoms with Crippen molar-refractivity contribution in [2.24, 2.45) is 0 Å². The Hall–Kier alpha value is -1.06. The van der Waals surface area contributed by atoms with E-state index in [4.69, 9.17) is 11.6 Å². The second-order valence-electron chi connectivity index (χ2n) is 4.72. The van der Waals surface area contributed by atoms with Crippen LogP contribution in [-0.2, 0) is 4.79 Å². The number of nitrogens with zero attached hydrogens (tertiary/aromatic N) is 1. The Bertz CT molecular complexity index is 418. The zero-order valence-electron chi connectivity index (χ0n) is 11.5. The molecule has 4 heteroatoms. The predicted molar refractivity (Wildman–Crippen MR) is 77.2 cm³/mol. The lowest BCUT2D eigenvalue weighted by atomic mass is 10.1. The van der Waals surface area contributed by atoms with Crippen LogP contribution in [0.15, 0.2) is 18.2 Å². The zero-order valence-corrected chi connectivity index (χ0v) is 12.2. The first-order valence-corrected chi connectivity index (χ1v) is 6.57. The van der Waals surface area contributed by atoms with E-state index in [1.807, 2.05) is 38.1 Å². The molecule has 18 heavy (non-hydrogen) atoms. The van der Waals surface area contributed by atoms with E-state index in [9.17, 15) is 4.79 Å². The average Bonchev–Trinajstić information content (AvgIpc) is 2.30. The highest BCUT2D eigenvalue weighted by atomic mass is 35.5. The van der Waals surface area contributed by atoms with Crippen LogP contribution in [0, 0.1) is 6.92 Å². The van der Waals surface area contributed by atoms with Gasteiger partial charge in [0.25, 0.3) is 0 Å². The molecule has 0 bridgehead atoms. The molecular weight excluding hydrogens is 248 g/mol. The molecule has 0 aliphatic rings. The van der Waals surface area contributed by atoms with Crippen LogP contribution in [0.25, 0.3) is 0 Å². The lowest BCUT2D eigenvalue weighted by Crippen LogP contribution is -2.39. The van der Waals surface area contributed by atoms with Crippen LogP contribution >= 0.6 is 11.6 Å². The van der Waals surface area contributed by atoms with Crippen molar-refractivity contribution in [3.05, 3.63) is 28.8 Å². The molecule has 0 aliphatic carbocycles. The van der Waals surface area contributed by atoms with Gasteiger partial charge in [-0.3, -0.25) is 9.69 Å². The first-order valence-electron chi connectivity index (χ1n) is 6.19. The molecule has 1 amide bonds. The van der Waals surface area contributed by atoms with Gasteiger partial charge >= 0.3 is 0 Å². The van der Waals surface area contributed by atoms with Gasteiger partial charge in [0.2, 0.25) is 5.91 Å². The molecule has 3 nitrogen and oxygen atoms in total. The highest BCUT2D eigenvalue weighted by molar-refractivity contribution is 6.31. The van der Waals surface area contributed by atoms with E-state index in [1.165, 1.54) is 0 Å². The number of carbonyl (C=O) groups excluding carboxylic acids is 1. The Balaban J connectivity index is 2.76. The number of amides is 1. The maximum atomic E-state index is 12.1. The van der Waals surface area contributed by atoms with Gasteiger partial charge in [-0.1, -0.05) is 31.0 Å². The van der Waals surface area contributed by atoms with Gasteiger partial charge in [0.1, 0.15) is 0 Å². The number of rotatable bonds is 5. The van der Waals surface area contributed by atoms with E-state index in [0.29, 0.717) is 5.02 Å². The standard InChI is InChI=1S/C14H21ClN2O/c1-5-6-13(17(3)4)14(18)16-11-8-7-10(2)12(15)9-11/h7-9,13H,5-6H2,1-4H3,(H,16,18)/t13-/m0/s1. The van der Waals surface area contributed by atoms with Gasteiger partial charge in [-0.25, -0.2) is 0 Å². The second kappa shape index (κ2) is 6.76. The first kappa shape index (κ1) is 15.0. The van der Waals surface area contributed by atoms with Crippen molar-refractivity contribution in [1.29, 1.82) is 0 Å². The third kappa shape index (κ3) is 4.00. The normalized spacial score (nSPS) is 12.6. The largest absolute Gasteiger partial charge is 0.325 e. The molecule has 0 radical (unpaired) electrons. The summed E-state index contributed by atoms with van der Waals surface area (Å²) in [7, 11) is 3.84. The highest BCUT2D eigenvalue weighted by Crippen LogP contribution is 2.20. The molecule has 1 N–H and O–H groups in total. The lowest BCUT2D eigenvalue weighted by Gasteiger charge is -2.23. The van der Waals surface area contributed by atoms with Crippen LogP contribution in [-0.4, -0.2) is 30.9 Å². The van der Waals surface area contributed by atoms with Crippen LogP contribution in [0.1, 0.15) is 25.3 Å². The highest BCUT2D eigenvalue weighted by Gasteiger charge is 2.19. The summed E-state index contributed by atoms with van der Waals surface area (Å²) in [4.78, 5) is 14.1. The van der Waals surface area contributed by atoms with Crippen molar-refractivity contribution < 1.29 is 4.79 Å². The summed E-state index contributed by atoms with van der Waals surface area (Å²) in [6.07, 6.45) is 1.82. The molecule has 0 saturated heterocycles. The van der Waals surface area contributed by atoms with Crippen molar-refractivity contribution >= 4 is 23.2 Å². The quantitative estimate of drug-likeness (QED) is 0.889. The van der Waals surface area contributed by atoms with Crippen LogP contribution < -0.4 is 5.32 Å². The molecule has 1 aromatic carbocycles. The molecule has 0 unspecified atom stereocenters. The smallest absolute Gasteiger partial charge is 0.241 e. The molecule has 0 saturated carbocycles. The lowest BCUT2D eigenvalue weighted by molar-refractivity contribution is -0.120. The predicted octanol–water partition coefficient (Wildman–Crippen LogP) is 3.32. The van der Waals surface area contributed by atoms with E-state index >= 15 is 0 Å². The summed E-state index contributed by atoms with van der Waals surface area (Å²) in [6, 6.07) is 5.46. The topological polar surface area (TPSA) is 32.3 Å². The van der Waals surface area contributed by atoms with Gasteiger partial charge in [0, 0.05) is 10.7 Å². The molecule has 0 spiro atoms. The van der Waals surface area contributed by atoms with Crippen molar-refractivity contribution in [3.63, 3.8) is 0 Å². The maximum Gasteiger partial charge on any atom is 0.241 e. The minimum absolute atomic E-state index is 0.0155. The van der Waals surface area contributed by atoms with E-state index in [2.05, 4.69) is 12.2 Å². The molecule has 0 aliphatic heterocycles. The second-order valence-corrected chi connectivity index (χ2v) is 5.13. The summed E-state index contributed by atoms with van der Waals surface area (Å²) in [5.74, 6) is 0.0155. The third-order valence-electron chi connectivity index (χ3n) is 2.93. The van der Waals surface area contributed by atoms with Crippen LogP contribution in [0.3, 0.4) is 0 Å². The maximum absolute atomic E-state index is 12.1. The van der Waals surface area contributed by atoms with Gasteiger partial charge in [-0.2, -0.15) is 0 Å². The van der Waals surface area contributed by atoms with Crippen molar-refractivity contribution in [2.75, 3.05) is 19.4 Å². The number of aryl methyl sites for hydroxylation is 1. The average molecular weight is 269 g/mol. The van der Waals surface area contributed by atoms with Crippen LogP contribution in [0.5, 0.6) is 0 Å². The number of nitrogens with one attached hydrogen (secondary N) is 1. The third-order valence-corrected chi connectivity index (χ3v) is 3.33. The summed E-state index contributed by atoms with van der Waals surface area (Å²) in [6.45, 7) is 4.01. The van der Waals surface area contributed by atoms with E-state index < -0.39 is 0 Å². The summed E-state index contributed by atoms with van der Waals surface area (Å²) < 4.78 is 0. The number of carbonyl (C=O) groups is 1. The fraction of sp³-hybridized carbons (Fsp3) is 0.500. The number of hydrogen-bond donors (Lipinski definition) is 1. The Morgan fingerprint density at radius 2 is 2.11 bits per heavy atom. The molecule has 1 rings (SSSR count). The fourth-order valence-electron chi connectivity index (χ4n) is 1.79. The molecule has 1 aromatic rings. The van der Waals surface area contributed by atoms with Crippen molar-refractivity contribution in [2.45, 2.75) is 32.7 Å². The van der Waals surface area contributed by atoms with E-state index in [0.717, 1.165) is 24.1 Å². The number of hydrogen-bond acceptors (Lipinski definition) is 2. The van der Waals surface area contributed by atoms with E-state index in [-0.39, 0.29) is 11.9 Å².